The molecule has 2 aromatic rings. The zero-order chi connectivity index (χ0) is 13.0. The van der Waals surface area contributed by atoms with Crippen molar-refractivity contribution in [2.45, 2.75) is 12.8 Å². The zero-order valence-electron chi connectivity index (χ0n) is 9.63. The van der Waals surface area contributed by atoms with E-state index in [1.807, 2.05) is 6.07 Å². The number of hydrogen-bond donors (Lipinski definition) is 1. The molecule has 0 radical (unpaired) electrons. The van der Waals surface area contributed by atoms with Crippen molar-refractivity contribution in [2.24, 2.45) is 5.73 Å². The maximum atomic E-state index is 12.1. The fraction of sp³-hybridized carbons (Fsp3) is 0.154. The van der Waals surface area contributed by atoms with Crippen LogP contribution in [0.1, 0.15) is 27.3 Å². The number of nitrogens with two attached hydrogens (primary N) is 1. The van der Waals surface area contributed by atoms with Gasteiger partial charge in [-0.05, 0) is 18.1 Å². The van der Waals surface area contributed by atoms with E-state index in [4.69, 9.17) is 5.73 Å². The number of rotatable bonds is 5. The molecule has 0 aliphatic rings. The summed E-state index contributed by atoms with van der Waals surface area (Å²) in [4.78, 5) is 26.8. The van der Waals surface area contributed by atoms with Gasteiger partial charge in [-0.25, -0.2) is 4.98 Å². The smallest absolute Gasteiger partial charge is 0.221 e. The van der Waals surface area contributed by atoms with Gasteiger partial charge in [-0.2, -0.15) is 0 Å². The topological polar surface area (TPSA) is 73.1 Å². The Hall–Kier alpha value is -2.01. The molecule has 5 heteroatoms. The zero-order valence-corrected chi connectivity index (χ0v) is 10.4. The first-order valence-electron chi connectivity index (χ1n) is 5.48. The monoisotopic (exact) mass is 260 g/mol. The molecule has 0 atom stereocenters. The van der Waals surface area contributed by atoms with Crippen LogP contribution in [0.15, 0.2) is 35.8 Å². The number of hydrogen-bond acceptors (Lipinski definition) is 4. The van der Waals surface area contributed by atoms with Gasteiger partial charge in [-0.1, -0.05) is 18.2 Å². The third-order valence-corrected chi connectivity index (χ3v) is 3.25. The van der Waals surface area contributed by atoms with Gasteiger partial charge in [0.1, 0.15) is 0 Å². The first kappa shape index (κ1) is 12.4. The minimum absolute atomic E-state index is 0.0917. The van der Waals surface area contributed by atoms with Crippen LogP contribution in [0.25, 0.3) is 0 Å². The molecule has 18 heavy (non-hydrogen) atoms. The SMILES string of the molecule is NC(=O)CCc1cccc(C(=O)c2nccs2)c1. The molecule has 0 saturated carbocycles. The lowest BCUT2D eigenvalue weighted by Crippen LogP contribution is -2.11. The average molecular weight is 260 g/mol. The van der Waals surface area contributed by atoms with E-state index in [0.717, 1.165) is 5.56 Å². The minimum Gasteiger partial charge on any atom is -0.370 e. The molecule has 0 unspecified atom stereocenters. The molecule has 1 heterocycles. The summed E-state index contributed by atoms with van der Waals surface area (Å²) in [5, 5.41) is 2.24. The minimum atomic E-state index is -0.341. The van der Waals surface area contributed by atoms with Crippen molar-refractivity contribution in [3.63, 3.8) is 0 Å². The second-order valence-corrected chi connectivity index (χ2v) is 4.73. The number of benzene rings is 1. The van der Waals surface area contributed by atoms with E-state index in [9.17, 15) is 9.59 Å². The van der Waals surface area contributed by atoms with Crippen molar-refractivity contribution in [1.82, 2.24) is 4.98 Å². The number of primary amides is 1. The van der Waals surface area contributed by atoms with Crippen LogP contribution in [0, 0.1) is 0 Å². The van der Waals surface area contributed by atoms with Crippen molar-refractivity contribution in [3.05, 3.63) is 52.0 Å². The Labute approximate surface area is 108 Å². The van der Waals surface area contributed by atoms with E-state index >= 15 is 0 Å². The second kappa shape index (κ2) is 5.55. The van der Waals surface area contributed by atoms with Gasteiger partial charge in [-0.3, -0.25) is 9.59 Å². The van der Waals surface area contributed by atoms with Crippen molar-refractivity contribution < 1.29 is 9.59 Å². The van der Waals surface area contributed by atoms with Gasteiger partial charge < -0.3 is 5.73 Å². The Bertz CT molecular complexity index is 564. The van der Waals surface area contributed by atoms with Crippen LogP contribution in [-0.4, -0.2) is 16.7 Å². The largest absolute Gasteiger partial charge is 0.370 e. The Morgan fingerprint density at radius 3 is 2.83 bits per heavy atom. The highest BCUT2D eigenvalue weighted by molar-refractivity contribution is 7.11. The normalized spacial score (nSPS) is 10.2. The lowest BCUT2D eigenvalue weighted by Gasteiger charge is -2.02. The number of carbonyl (C=O) groups is 2. The number of amides is 1. The predicted octanol–water partition coefficient (Wildman–Crippen LogP) is 1.79. The van der Waals surface area contributed by atoms with Crippen LogP contribution < -0.4 is 5.73 Å². The fourth-order valence-electron chi connectivity index (χ4n) is 1.59. The summed E-state index contributed by atoms with van der Waals surface area (Å²) in [5.74, 6) is -0.433. The van der Waals surface area contributed by atoms with E-state index in [0.29, 0.717) is 17.0 Å². The lowest BCUT2D eigenvalue weighted by atomic mass is 10.0. The molecule has 2 rings (SSSR count). The van der Waals surface area contributed by atoms with Gasteiger partial charge >= 0.3 is 0 Å². The molecule has 1 amide bonds. The number of ketones is 1. The summed E-state index contributed by atoms with van der Waals surface area (Å²) in [6.07, 6.45) is 2.44. The Morgan fingerprint density at radius 1 is 1.33 bits per heavy atom. The summed E-state index contributed by atoms with van der Waals surface area (Å²) in [5.41, 5.74) is 6.62. The number of nitrogens with zero attached hydrogens (tertiary/aromatic N) is 1. The lowest BCUT2D eigenvalue weighted by molar-refractivity contribution is -0.117. The summed E-state index contributed by atoms with van der Waals surface area (Å²) < 4.78 is 0. The Kier molecular flexibility index (Phi) is 3.84. The van der Waals surface area contributed by atoms with Crippen LogP contribution >= 0.6 is 11.3 Å². The first-order valence-corrected chi connectivity index (χ1v) is 6.36. The molecule has 0 fully saturated rings. The number of carbonyl (C=O) groups excluding carboxylic acids is 2. The standard InChI is InChI=1S/C13H12N2O2S/c14-11(16)5-4-9-2-1-3-10(8-9)12(17)13-15-6-7-18-13/h1-3,6-8H,4-5H2,(H2,14,16). The number of aromatic nitrogens is 1. The van der Waals surface area contributed by atoms with E-state index < -0.39 is 0 Å². The summed E-state index contributed by atoms with van der Waals surface area (Å²) in [6, 6.07) is 7.21. The van der Waals surface area contributed by atoms with Crippen molar-refractivity contribution >= 4 is 23.0 Å². The molecule has 0 spiro atoms. The highest BCUT2D eigenvalue weighted by Gasteiger charge is 2.11. The third kappa shape index (κ3) is 3.01. The van der Waals surface area contributed by atoms with Crippen LogP contribution in [0.5, 0.6) is 0 Å². The molecule has 0 aliphatic carbocycles. The summed E-state index contributed by atoms with van der Waals surface area (Å²) in [6.45, 7) is 0. The molecule has 0 bridgehead atoms. The Balaban J connectivity index is 2.17. The van der Waals surface area contributed by atoms with Crippen molar-refractivity contribution in [1.29, 1.82) is 0 Å². The quantitative estimate of drug-likeness (QED) is 0.833. The van der Waals surface area contributed by atoms with Crippen LogP contribution in [0.2, 0.25) is 0 Å². The molecule has 0 aliphatic heterocycles. The van der Waals surface area contributed by atoms with Gasteiger partial charge in [0, 0.05) is 23.6 Å². The molecule has 2 N–H and O–H groups in total. The first-order chi connectivity index (χ1) is 8.66. The molecule has 4 nitrogen and oxygen atoms in total. The van der Waals surface area contributed by atoms with Gasteiger partial charge in [0.15, 0.2) is 5.01 Å². The maximum absolute atomic E-state index is 12.1. The van der Waals surface area contributed by atoms with Gasteiger partial charge in [-0.15, -0.1) is 11.3 Å². The Morgan fingerprint density at radius 2 is 2.17 bits per heavy atom. The molecule has 92 valence electrons. The molecular weight excluding hydrogens is 248 g/mol. The van der Waals surface area contributed by atoms with E-state index in [1.54, 1.807) is 29.8 Å². The van der Waals surface area contributed by atoms with Crippen molar-refractivity contribution in [2.75, 3.05) is 0 Å². The third-order valence-electron chi connectivity index (χ3n) is 2.48. The number of aryl methyl sites for hydroxylation is 1. The van der Waals surface area contributed by atoms with E-state index in [-0.39, 0.29) is 18.1 Å². The van der Waals surface area contributed by atoms with Crippen LogP contribution in [0.4, 0.5) is 0 Å². The number of thiazole rings is 1. The summed E-state index contributed by atoms with van der Waals surface area (Å²) in [7, 11) is 0. The maximum Gasteiger partial charge on any atom is 0.221 e. The summed E-state index contributed by atoms with van der Waals surface area (Å²) >= 11 is 1.32. The average Bonchev–Trinajstić information content (AvgIpc) is 2.89. The molecule has 1 aromatic carbocycles. The molecule has 1 aromatic heterocycles. The van der Waals surface area contributed by atoms with Crippen LogP contribution in [0.3, 0.4) is 0 Å². The predicted molar refractivity (Wildman–Crippen MR) is 69.5 cm³/mol. The molecular formula is C13H12N2O2S. The van der Waals surface area contributed by atoms with Gasteiger partial charge in [0.25, 0.3) is 0 Å². The fourth-order valence-corrected chi connectivity index (χ4v) is 2.19. The molecule has 0 saturated heterocycles. The van der Waals surface area contributed by atoms with Crippen LogP contribution in [-0.2, 0) is 11.2 Å². The van der Waals surface area contributed by atoms with E-state index in [1.165, 1.54) is 11.3 Å². The van der Waals surface area contributed by atoms with Gasteiger partial charge in [0.2, 0.25) is 11.7 Å². The second-order valence-electron chi connectivity index (χ2n) is 3.83. The van der Waals surface area contributed by atoms with Gasteiger partial charge in [0.05, 0.1) is 0 Å². The highest BCUT2D eigenvalue weighted by Crippen LogP contribution is 2.14. The highest BCUT2D eigenvalue weighted by atomic mass is 32.1. The van der Waals surface area contributed by atoms with E-state index in [2.05, 4.69) is 4.98 Å². The van der Waals surface area contributed by atoms with Crippen molar-refractivity contribution in [3.8, 4) is 0 Å².